The summed E-state index contributed by atoms with van der Waals surface area (Å²) >= 11 is 0. The van der Waals surface area contributed by atoms with Gasteiger partial charge in [-0.1, -0.05) is 153 Å². The van der Waals surface area contributed by atoms with Crippen molar-refractivity contribution in [3.05, 3.63) is 95.7 Å². The van der Waals surface area contributed by atoms with Crippen molar-refractivity contribution in [2.45, 2.75) is 136 Å². The minimum atomic E-state index is 0.00351. The molecule has 0 fully saturated rings. The van der Waals surface area contributed by atoms with Crippen LogP contribution in [0.2, 0.25) is 0 Å². The highest BCUT2D eigenvalue weighted by molar-refractivity contribution is 6.03. The van der Waals surface area contributed by atoms with Crippen LogP contribution in [0.1, 0.15) is 136 Å². The van der Waals surface area contributed by atoms with Gasteiger partial charge in [0, 0.05) is 47.5 Å². The zero-order valence-electron chi connectivity index (χ0n) is 29.0. The molecule has 0 spiro atoms. The predicted molar refractivity (Wildman–Crippen MR) is 194 cm³/mol. The third-order valence-corrected chi connectivity index (χ3v) is 10.0. The summed E-state index contributed by atoms with van der Waals surface area (Å²) in [5.74, 6) is 0. The summed E-state index contributed by atoms with van der Waals surface area (Å²) in [5, 5.41) is 0. The Kier molecular flexibility index (Phi) is 12.7. The average molecular weight is 594 g/mol. The molecule has 2 aromatic carbocycles. The lowest BCUT2D eigenvalue weighted by molar-refractivity contribution is -0.437. The molecule has 0 aliphatic carbocycles. The Morgan fingerprint density at radius 1 is 0.614 bits per heavy atom. The molecule has 2 aromatic rings. The fraction of sp³-hybridized carbons (Fsp3) is 0.548. The zero-order valence-corrected chi connectivity index (χ0v) is 29.0. The van der Waals surface area contributed by atoms with Crippen molar-refractivity contribution in [2.75, 3.05) is 18.0 Å². The molecule has 4 rings (SSSR count). The second-order valence-corrected chi connectivity index (χ2v) is 14.2. The van der Waals surface area contributed by atoms with Crippen molar-refractivity contribution in [3.63, 3.8) is 0 Å². The topological polar surface area (TPSA) is 6.25 Å². The van der Waals surface area contributed by atoms with Crippen LogP contribution in [-0.4, -0.2) is 23.4 Å². The maximum Gasteiger partial charge on any atom is 0.209 e. The molecular weight excluding hydrogens is 532 g/mol. The minimum Gasteiger partial charge on any atom is -0.344 e. The number of fused-ring (bicyclic) bond motifs is 2. The molecule has 2 nitrogen and oxygen atoms in total. The van der Waals surface area contributed by atoms with Crippen molar-refractivity contribution >= 4 is 17.1 Å². The normalized spacial score (nSPS) is 17.9. The lowest BCUT2D eigenvalue weighted by atomic mass is 9.81. The molecule has 0 amide bonds. The Morgan fingerprint density at radius 3 is 1.86 bits per heavy atom. The van der Waals surface area contributed by atoms with Gasteiger partial charge in [-0.2, -0.15) is 4.58 Å². The van der Waals surface area contributed by atoms with Crippen LogP contribution < -0.4 is 4.90 Å². The number of para-hydroxylation sites is 2. The monoisotopic (exact) mass is 593 g/mol. The summed E-state index contributed by atoms with van der Waals surface area (Å²) in [6.07, 6.45) is 29.2. The smallest absolute Gasteiger partial charge is 0.209 e. The quantitative estimate of drug-likeness (QED) is 0.0946. The Balaban J connectivity index is 1.36. The van der Waals surface area contributed by atoms with Crippen molar-refractivity contribution in [1.29, 1.82) is 0 Å². The number of anilines is 1. The standard InChI is InChI=1S/C42H61N2/c1-7-9-10-11-12-13-14-15-16-17-18-26-34-44-38-30-25-23-28-36(38)42(5,6)40(44)32-21-19-20-31-39-41(3,4)35-27-22-24-29-37(35)43(39)33-8-2/h19-25,27-32H,7-18,26,33-34H2,1-6H3/q+1. The van der Waals surface area contributed by atoms with Gasteiger partial charge in [-0.25, -0.2) is 0 Å². The van der Waals surface area contributed by atoms with E-state index in [1.807, 2.05) is 0 Å². The van der Waals surface area contributed by atoms with Gasteiger partial charge < -0.3 is 4.90 Å². The third kappa shape index (κ3) is 8.04. The van der Waals surface area contributed by atoms with Gasteiger partial charge in [0.05, 0.1) is 5.41 Å². The molecule has 0 saturated carbocycles. The molecule has 0 unspecified atom stereocenters. The van der Waals surface area contributed by atoms with Gasteiger partial charge in [0.15, 0.2) is 5.71 Å². The van der Waals surface area contributed by atoms with Crippen LogP contribution in [0, 0.1) is 0 Å². The van der Waals surface area contributed by atoms with Crippen molar-refractivity contribution < 1.29 is 4.58 Å². The van der Waals surface area contributed by atoms with E-state index in [2.05, 4.69) is 130 Å². The van der Waals surface area contributed by atoms with Gasteiger partial charge in [0.1, 0.15) is 6.54 Å². The van der Waals surface area contributed by atoms with Crippen LogP contribution in [0.5, 0.6) is 0 Å². The van der Waals surface area contributed by atoms with Crippen molar-refractivity contribution in [2.24, 2.45) is 0 Å². The minimum absolute atomic E-state index is 0.00351. The van der Waals surface area contributed by atoms with E-state index in [0.717, 1.165) is 19.5 Å². The highest BCUT2D eigenvalue weighted by atomic mass is 15.2. The van der Waals surface area contributed by atoms with E-state index in [1.165, 1.54) is 111 Å². The largest absolute Gasteiger partial charge is 0.344 e. The van der Waals surface area contributed by atoms with Crippen LogP contribution in [0.25, 0.3) is 0 Å². The number of nitrogens with zero attached hydrogens (tertiary/aromatic N) is 2. The number of rotatable bonds is 18. The highest BCUT2D eigenvalue weighted by Crippen LogP contribution is 2.47. The molecule has 0 saturated heterocycles. The Morgan fingerprint density at radius 2 is 1.20 bits per heavy atom. The van der Waals surface area contributed by atoms with Crippen molar-refractivity contribution in [3.8, 4) is 0 Å². The molecule has 2 heterocycles. The molecule has 2 aliphatic heterocycles. The first-order chi connectivity index (χ1) is 21.3. The van der Waals surface area contributed by atoms with E-state index in [0.29, 0.717) is 0 Å². The first kappa shape index (κ1) is 34.0. The third-order valence-electron chi connectivity index (χ3n) is 10.0. The van der Waals surface area contributed by atoms with E-state index < -0.39 is 0 Å². The maximum atomic E-state index is 2.61. The lowest BCUT2D eigenvalue weighted by Crippen LogP contribution is -2.27. The Bertz CT molecular complexity index is 1320. The van der Waals surface area contributed by atoms with E-state index in [-0.39, 0.29) is 10.8 Å². The first-order valence-corrected chi connectivity index (χ1v) is 18.0. The van der Waals surface area contributed by atoms with Gasteiger partial charge in [-0.3, -0.25) is 0 Å². The summed E-state index contributed by atoms with van der Waals surface area (Å²) < 4.78 is 2.52. The zero-order chi connectivity index (χ0) is 31.4. The van der Waals surface area contributed by atoms with Gasteiger partial charge in [0.2, 0.25) is 5.69 Å². The lowest BCUT2D eigenvalue weighted by Gasteiger charge is -2.27. The highest BCUT2D eigenvalue weighted by Gasteiger charge is 2.43. The number of benzene rings is 2. The van der Waals surface area contributed by atoms with Gasteiger partial charge in [0.25, 0.3) is 0 Å². The van der Waals surface area contributed by atoms with E-state index in [9.17, 15) is 0 Å². The molecule has 0 aromatic heterocycles. The number of hydrogen-bond donors (Lipinski definition) is 0. The summed E-state index contributed by atoms with van der Waals surface area (Å²) in [5.41, 5.74) is 8.46. The summed E-state index contributed by atoms with van der Waals surface area (Å²) in [6.45, 7) is 16.2. The van der Waals surface area contributed by atoms with E-state index >= 15 is 0 Å². The van der Waals surface area contributed by atoms with E-state index in [1.54, 1.807) is 0 Å². The number of allylic oxidation sites excluding steroid dienone is 6. The summed E-state index contributed by atoms with van der Waals surface area (Å²) in [6, 6.07) is 18.0. The summed E-state index contributed by atoms with van der Waals surface area (Å²) in [7, 11) is 0. The number of unbranched alkanes of at least 4 members (excludes halogenated alkanes) is 11. The maximum absolute atomic E-state index is 2.61. The molecule has 0 bridgehead atoms. The van der Waals surface area contributed by atoms with Crippen molar-refractivity contribution in [1.82, 2.24) is 0 Å². The molecule has 2 heteroatoms. The van der Waals surface area contributed by atoms with Gasteiger partial charge in [-0.05, 0) is 38.0 Å². The van der Waals surface area contributed by atoms with Gasteiger partial charge >= 0.3 is 0 Å². The second-order valence-electron chi connectivity index (χ2n) is 14.2. The summed E-state index contributed by atoms with van der Waals surface area (Å²) in [4.78, 5) is 2.61. The SMILES string of the molecule is CCCCCCCCCCCCCCN1/C(=C/C=C/C=C/C2=[N+](CCC)c3ccccc3C2(C)C)C(C)(C)c2ccccc21. The fourth-order valence-electron chi connectivity index (χ4n) is 7.46. The molecule has 0 N–H and O–H groups in total. The molecule has 0 atom stereocenters. The first-order valence-electron chi connectivity index (χ1n) is 18.0. The fourth-order valence-corrected chi connectivity index (χ4v) is 7.46. The molecule has 238 valence electrons. The molecule has 2 aliphatic rings. The second kappa shape index (κ2) is 16.4. The average Bonchev–Trinajstić information content (AvgIpc) is 3.36. The van der Waals surface area contributed by atoms with Crippen LogP contribution in [0.4, 0.5) is 11.4 Å². The molecular formula is C42H61N2+. The van der Waals surface area contributed by atoms with Crippen LogP contribution >= 0.6 is 0 Å². The Hall–Kier alpha value is -2.87. The molecule has 44 heavy (non-hydrogen) atoms. The Labute approximate surface area is 270 Å². The van der Waals surface area contributed by atoms with Crippen LogP contribution in [-0.2, 0) is 10.8 Å². The number of hydrogen-bond acceptors (Lipinski definition) is 1. The molecule has 0 radical (unpaired) electrons. The van der Waals surface area contributed by atoms with Gasteiger partial charge in [-0.15, -0.1) is 0 Å². The van der Waals surface area contributed by atoms with Crippen LogP contribution in [0.15, 0.2) is 84.6 Å². The van der Waals surface area contributed by atoms with E-state index in [4.69, 9.17) is 0 Å². The van der Waals surface area contributed by atoms with Crippen LogP contribution in [0.3, 0.4) is 0 Å². The predicted octanol–water partition coefficient (Wildman–Crippen LogP) is 12.0.